The molecule has 1 aromatic carbocycles. The van der Waals surface area contributed by atoms with Crippen LogP contribution in [0.1, 0.15) is 5.56 Å². The summed E-state index contributed by atoms with van der Waals surface area (Å²) in [6, 6.07) is 7.70. The molecule has 14 heavy (non-hydrogen) atoms. The molecule has 2 heterocycles. The first-order valence-electron chi connectivity index (χ1n) is 4.47. The van der Waals surface area contributed by atoms with E-state index in [0.29, 0.717) is 6.42 Å². The van der Waals surface area contributed by atoms with Crippen LogP contribution in [-0.4, -0.2) is 11.8 Å². The Labute approximate surface area is 80.9 Å². The summed E-state index contributed by atoms with van der Waals surface area (Å²) in [4.78, 5) is 11.0. The number of fused-ring (bicyclic) bond motifs is 1. The van der Waals surface area contributed by atoms with E-state index in [4.69, 9.17) is 9.47 Å². The zero-order valence-electron chi connectivity index (χ0n) is 7.40. The quantitative estimate of drug-likeness (QED) is 0.578. The predicted molar refractivity (Wildman–Crippen MR) is 48.7 cm³/mol. The maximum Gasteiger partial charge on any atom is 0.334 e. The third-order valence-corrected chi connectivity index (χ3v) is 2.44. The molecule has 0 fully saturated rings. The average Bonchev–Trinajstić information content (AvgIpc) is 2.69. The second-order valence-corrected chi connectivity index (χ2v) is 3.45. The second-order valence-electron chi connectivity index (χ2n) is 3.45. The van der Waals surface area contributed by atoms with Crippen molar-refractivity contribution in [3.8, 4) is 5.75 Å². The number of hydrogen-bond donors (Lipinski definition) is 0. The van der Waals surface area contributed by atoms with E-state index in [1.54, 1.807) is 6.08 Å². The lowest BCUT2D eigenvalue weighted by Gasteiger charge is -2.19. The number of esters is 1. The highest BCUT2D eigenvalue weighted by Crippen LogP contribution is 2.38. The van der Waals surface area contributed by atoms with Gasteiger partial charge in [-0.15, -0.1) is 0 Å². The number of para-hydroxylation sites is 1. The largest absolute Gasteiger partial charge is 0.448 e. The summed E-state index contributed by atoms with van der Waals surface area (Å²) in [7, 11) is 0. The Kier molecular flexibility index (Phi) is 1.29. The Hall–Kier alpha value is -1.77. The van der Waals surface area contributed by atoms with Crippen molar-refractivity contribution >= 4 is 5.97 Å². The lowest BCUT2D eigenvalue weighted by atomic mass is 10.1. The molecule has 0 bridgehead atoms. The third-order valence-electron chi connectivity index (χ3n) is 2.44. The summed E-state index contributed by atoms with van der Waals surface area (Å²) in [6.45, 7) is 0. The first-order valence-corrected chi connectivity index (χ1v) is 4.47. The fourth-order valence-corrected chi connectivity index (χ4v) is 1.82. The third kappa shape index (κ3) is 0.954. The number of carbonyl (C=O) groups is 1. The summed E-state index contributed by atoms with van der Waals surface area (Å²) in [5.41, 5.74) is 1.08. The lowest BCUT2D eigenvalue weighted by Crippen LogP contribution is -2.33. The van der Waals surface area contributed by atoms with Crippen LogP contribution in [0.2, 0.25) is 0 Å². The molecule has 3 rings (SSSR count). The summed E-state index contributed by atoms with van der Waals surface area (Å²) >= 11 is 0. The van der Waals surface area contributed by atoms with E-state index in [-0.39, 0.29) is 5.97 Å². The number of benzene rings is 1. The van der Waals surface area contributed by atoms with Crippen LogP contribution in [0.3, 0.4) is 0 Å². The lowest BCUT2D eigenvalue weighted by molar-refractivity contribution is -0.165. The molecule has 0 aliphatic carbocycles. The summed E-state index contributed by atoms with van der Waals surface area (Å²) in [5, 5.41) is 0. The molecule has 0 aromatic heterocycles. The maximum absolute atomic E-state index is 11.0. The smallest absolute Gasteiger partial charge is 0.334 e. The Morgan fingerprint density at radius 3 is 2.79 bits per heavy atom. The van der Waals surface area contributed by atoms with Crippen LogP contribution in [0.25, 0.3) is 0 Å². The molecule has 1 atom stereocenters. The van der Waals surface area contributed by atoms with E-state index in [9.17, 15) is 4.79 Å². The van der Waals surface area contributed by atoms with Gasteiger partial charge in [0.05, 0.1) is 6.42 Å². The summed E-state index contributed by atoms with van der Waals surface area (Å²) in [6.07, 6.45) is 3.69. The minimum atomic E-state index is -0.860. The van der Waals surface area contributed by atoms with Crippen LogP contribution in [-0.2, 0) is 16.0 Å². The molecule has 1 spiro atoms. The van der Waals surface area contributed by atoms with Gasteiger partial charge in [0, 0.05) is 17.7 Å². The van der Waals surface area contributed by atoms with Crippen LogP contribution >= 0.6 is 0 Å². The van der Waals surface area contributed by atoms with Gasteiger partial charge in [0.25, 0.3) is 5.79 Å². The van der Waals surface area contributed by atoms with Crippen molar-refractivity contribution in [1.82, 2.24) is 0 Å². The topological polar surface area (TPSA) is 35.5 Å². The molecule has 1 unspecified atom stereocenters. The van der Waals surface area contributed by atoms with Crippen molar-refractivity contribution in [2.75, 3.05) is 0 Å². The molecule has 0 saturated heterocycles. The summed E-state index contributed by atoms with van der Waals surface area (Å²) in [5.74, 6) is -0.398. The number of carbonyl (C=O) groups excluding carboxylic acids is 1. The van der Waals surface area contributed by atoms with Crippen molar-refractivity contribution in [3.05, 3.63) is 42.0 Å². The first-order chi connectivity index (χ1) is 6.77. The van der Waals surface area contributed by atoms with Crippen LogP contribution in [0.15, 0.2) is 36.4 Å². The van der Waals surface area contributed by atoms with E-state index in [2.05, 4.69) is 0 Å². The standard InChI is InChI=1S/C11H8O3/c12-10-5-6-11(14-10)7-8-3-1-2-4-9(8)13-11/h1-6H,7H2. The van der Waals surface area contributed by atoms with Gasteiger partial charge in [-0.2, -0.15) is 0 Å². The SMILES string of the molecule is O=C1C=CC2(Cc3ccccc3O2)O1. The Balaban J connectivity index is 1.99. The molecule has 0 radical (unpaired) electrons. The molecular formula is C11H8O3. The minimum absolute atomic E-state index is 0.335. The number of hydrogen-bond acceptors (Lipinski definition) is 3. The van der Waals surface area contributed by atoms with Gasteiger partial charge in [0.15, 0.2) is 0 Å². The van der Waals surface area contributed by atoms with Gasteiger partial charge in [-0.1, -0.05) is 18.2 Å². The highest BCUT2D eigenvalue weighted by molar-refractivity contribution is 5.85. The molecule has 1 aromatic rings. The number of rotatable bonds is 0. The molecule has 2 aliphatic rings. The van der Waals surface area contributed by atoms with Crippen molar-refractivity contribution in [2.45, 2.75) is 12.2 Å². The van der Waals surface area contributed by atoms with Crippen molar-refractivity contribution < 1.29 is 14.3 Å². The van der Waals surface area contributed by atoms with Gasteiger partial charge >= 0.3 is 5.97 Å². The highest BCUT2D eigenvalue weighted by atomic mass is 16.7. The van der Waals surface area contributed by atoms with Crippen molar-refractivity contribution in [1.29, 1.82) is 0 Å². The fraction of sp³-hybridized carbons (Fsp3) is 0.182. The Morgan fingerprint density at radius 2 is 2.07 bits per heavy atom. The van der Waals surface area contributed by atoms with Crippen molar-refractivity contribution in [2.24, 2.45) is 0 Å². The zero-order valence-corrected chi connectivity index (χ0v) is 7.40. The number of ether oxygens (including phenoxy) is 2. The minimum Gasteiger partial charge on any atom is -0.448 e. The van der Waals surface area contributed by atoms with Gasteiger partial charge in [0.2, 0.25) is 0 Å². The van der Waals surface area contributed by atoms with Gasteiger partial charge in [-0.25, -0.2) is 4.79 Å². The molecular weight excluding hydrogens is 180 g/mol. The molecule has 0 amide bonds. The van der Waals surface area contributed by atoms with E-state index in [0.717, 1.165) is 11.3 Å². The van der Waals surface area contributed by atoms with E-state index in [1.807, 2.05) is 24.3 Å². The Morgan fingerprint density at radius 1 is 1.21 bits per heavy atom. The zero-order chi connectivity index (χ0) is 9.60. The fourth-order valence-electron chi connectivity index (χ4n) is 1.82. The molecule has 0 saturated carbocycles. The molecule has 3 nitrogen and oxygen atoms in total. The summed E-state index contributed by atoms with van der Waals surface area (Å²) < 4.78 is 10.7. The van der Waals surface area contributed by atoms with Crippen LogP contribution in [0, 0.1) is 0 Å². The molecule has 2 aliphatic heterocycles. The normalized spacial score (nSPS) is 27.6. The monoisotopic (exact) mass is 188 g/mol. The maximum atomic E-state index is 11.0. The second kappa shape index (κ2) is 2.38. The highest BCUT2D eigenvalue weighted by Gasteiger charge is 2.43. The van der Waals surface area contributed by atoms with Crippen LogP contribution < -0.4 is 4.74 Å². The van der Waals surface area contributed by atoms with Gasteiger partial charge in [0.1, 0.15) is 5.75 Å². The molecule has 0 N–H and O–H groups in total. The molecule has 3 heteroatoms. The van der Waals surface area contributed by atoms with Gasteiger partial charge in [-0.05, 0) is 6.07 Å². The molecule has 70 valence electrons. The predicted octanol–water partition coefficient (Wildman–Crippen LogP) is 1.43. The van der Waals surface area contributed by atoms with Crippen LogP contribution in [0.5, 0.6) is 5.75 Å². The van der Waals surface area contributed by atoms with E-state index < -0.39 is 5.79 Å². The van der Waals surface area contributed by atoms with E-state index >= 15 is 0 Å². The van der Waals surface area contributed by atoms with Gasteiger partial charge in [-0.3, -0.25) is 0 Å². The van der Waals surface area contributed by atoms with E-state index in [1.165, 1.54) is 6.08 Å². The van der Waals surface area contributed by atoms with Crippen molar-refractivity contribution in [3.63, 3.8) is 0 Å². The van der Waals surface area contributed by atoms with Gasteiger partial charge < -0.3 is 9.47 Å². The first kappa shape index (κ1) is 7.62. The van der Waals surface area contributed by atoms with Crippen LogP contribution in [0.4, 0.5) is 0 Å². The Bertz CT molecular complexity index is 409. The average molecular weight is 188 g/mol.